The third kappa shape index (κ3) is 1.11. The predicted molar refractivity (Wildman–Crippen MR) is 54.2 cm³/mol. The van der Waals surface area contributed by atoms with E-state index in [1.807, 2.05) is 18.7 Å². The molecule has 0 aliphatic heterocycles. The molecule has 1 aromatic rings. The zero-order chi connectivity index (χ0) is 10.5. The first-order chi connectivity index (χ1) is 6.43. The molecule has 3 nitrogen and oxygen atoms in total. The number of carbonyl (C=O) groups excluding carboxylic acids is 1. The Morgan fingerprint density at radius 2 is 2.21 bits per heavy atom. The van der Waals surface area contributed by atoms with Gasteiger partial charge in [-0.1, -0.05) is 20.8 Å². The van der Waals surface area contributed by atoms with Crippen LogP contribution in [0.1, 0.15) is 36.8 Å². The Hall–Kier alpha value is -1.12. The second kappa shape index (κ2) is 2.69. The Bertz CT molecular complexity index is 390. The molecule has 1 heterocycles. The maximum Gasteiger partial charge on any atom is 0.169 e. The van der Waals surface area contributed by atoms with Crippen LogP contribution in [0.15, 0.2) is 6.20 Å². The van der Waals surface area contributed by atoms with E-state index in [9.17, 15) is 4.79 Å². The molecule has 14 heavy (non-hydrogen) atoms. The van der Waals surface area contributed by atoms with Gasteiger partial charge in [0.1, 0.15) is 0 Å². The van der Waals surface area contributed by atoms with Crippen molar-refractivity contribution in [3.8, 4) is 0 Å². The van der Waals surface area contributed by atoms with Gasteiger partial charge in [-0.15, -0.1) is 0 Å². The van der Waals surface area contributed by atoms with Crippen LogP contribution in [0.3, 0.4) is 0 Å². The quantitative estimate of drug-likeness (QED) is 0.628. The molecular formula is C11H16N2O. The highest BCUT2D eigenvalue weighted by Crippen LogP contribution is 2.38. The molecule has 0 saturated heterocycles. The summed E-state index contributed by atoms with van der Waals surface area (Å²) in [6, 6.07) is 0. The first-order valence-corrected chi connectivity index (χ1v) is 4.98. The molecule has 0 amide bonds. The number of ketones is 1. The van der Waals surface area contributed by atoms with Crippen molar-refractivity contribution in [3.05, 3.63) is 17.5 Å². The molecule has 1 aliphatic carbocycles. The lowest BCUT2D eigenvalue weighted by Gasteiger charge is -2.35. The van der Waals surface area contributed by atoms with Gasteiger partial charge in [0.25, 0.3) is 0 Å². The highest BCUT2D eigenvalue weighted by Gasteiger charge is 2.39. The van der Waals surface area contributed by atoms with Crippen LogP contribution in [-0.2, 0) is 13.5 Å². The van der Waals surface area contributed by atoms with Gasteiger partial charge in [-0.05, 0) is 11.8 Å². The zero-order valence-electron chi connectivity index (χ0n) is 9.16. The smallest absolute Gasteiger partial charge is 0.169 e. The van der Waals surface area contributed by atoms with Gasteiger partial charge < -0.3 is 0 Å². The van der Waals surface area contributed by atoms with Gasteiger partial charge in [-0.25, -0.2) is 0 Å². The Balaban J connectivity index is 2.56. The van der Waals surface area contributed by atoms with Gasteiger partial charge in [0, 0.05) is 18.7 Å². The number of hydrogen-bond donors (Lipinski definition) is 0. The second-order valence-corrected chi connectivity index (χ2v) is 4.88. The summed E-state index contributed by atoms with van der Waals surface area (Å²) in [4.78, 5) is 12.0. The molecule has 3 heteroatoms. The minimum atomic E-state index is 0.0534. The van der Waals surface area contributed by atoms with E-state index in [0.29, 0.717) is 0 Å². The fourth-order valence-electron chi connectivity index (χ4n) is 2.05. The number of nitrogens with zero attached hydrogens (tertiary/aromatic N) is 2. The van der Waals surface area contributed by atoms with Crippen LogP contribution in [0, 0.1) is 11.3 Å². The minimum absolute atomic E-state index is 0.0534. The number of aryl methyl sites for hydroxylation is 1. The van der Waals surface area contributed by atoms with E-state index in [1.165, 1.54) is 0 Å². The fourth-order valence-corrected chi connectivity index (χ4v) is 2.05. The second-order valence-electron chi connectivity index (χ2n) is 4.88. The van der Waals surface area contributed by atoms with Gasteiger partial charge in [0.05, 0.1) is 11.8 Å². The predicted octanol–water partition coefficient (Wildman–Crippen LogP) is 1.82. The molecule has 1 aromatic heterocycles. The Morgan fingerprint density at radius 1 is 1.57 bits per heavy atom. The van der Waals surface area contributed by atoms with Crippen LogP contribution in [-0.4, -0.2) is 15.6 Å². The Kier molecular flexibility index (Phi) is 1.81. The Labute approximate surface area is 84.1 Å². The van der Waals surface area contributed by atoms with Crippen LogP contribution < -0.4 is 0 Å². The van der Waals surface area contributed by atoms with Gasteiger partial charge in [-0.3, -0.25) is 9.48 Å². The van der Waals surface area contributed by atoms with E-state index in [0.717, 1.165) is 17.7 Å². The van der Waals surface area contributed by atoms with E-state index in [2.05, 4.69) is 18.9 Å². The molecular weight excluding hydrogens is 176 g/mol. The molecule has 0 spiro atoms. The highest BCUT2D eigenvalue weighted by molar-refractivity contribution is 6.00. The summed E-state index contributed by atoms with van der Waals surface area (Å²) in [6.45, 7) is 6.30. The van der Waals surface area contributed by atoms with Crippen molar-refractivity contribution < 1.29 is 4.79 Å². The molecule has 2 rings (SSSR count). The Morgan fingerprint density at radius 3 is 2.86 bits per heavy atom. The summed E-state index contributed by atoms with van der Waals surface area (Å²) in [7, 11) is 1.90. The molecule has 76 valence electrons. The zero-order valence-corrected chi connectivity index (χ0v) is 9.16. The van der Waals surface area contributed by atoms with E-state index in [1.54, 1.807) is 6.20 Å². The topological polar surface area (TPSA) is 34.9 Å². The standard InChI is InChI=1S/C11H16N2O/c1-7-10(14)8-6-12-13(4)9(8)5-11(7,2)3/h6-7H,5H2,1-4H3. The average molecular weight is 192 g/mol. The van der Waals surface area contributed by atoms with Crippen LogP contribution in [0.4, 0.5) is 0 Å². The molecule has 1 unspecified atom stereocenters. The maximum atomic E-state index is 12.0. The first-order valence-electron chi connectivity index (χ1n) is 4.98. The van der Waals surface area contributed by atoms with Crippen LogP contribution in [0.2, 0.25) is 0 Å². The lowest BCUT2D eigenvalue weighted by Crippen LogP contribution is -2.36. The molecule has 0 aromatic carbocycles. The lowest BCUT2D eigenvalue weighted by molar-refractivity contribution is 0.0787. The monoisotopic (exact) mass is 192 g/mol. The van der Waals surface area contributed by atoms with Gasteiger partial charge >= 0.3 is 0 Å². The largest absolute Gasteiger partial charge is 0.294 e. The van der Waals surface area contributed by atoms with Crippen molar-refractivity contribution >= 4 is 5.78 Å². The lowest BCUT2D eigenvalue weighted by atomic mass is 9.69. The minimum Gasteiger partial charge on any atom is -0.294 e. The third-order valence-corrected chi connectivity index (χ3v) is 3.52. The number of hydrogen-bond acceptors (Lipinski definition) is 2. The van der Waals surface area contributed by atoms with E-state index in [4.69, 9.17) is 0 Å². The van der Waals surface area contributed by atoms with Crippen molar-refractivity contribution in [2.75, 3.05) is 0 Å². The molecule has 0 bridgehead atoms. The van der Waals surface area contributed by atoms with Gasteiger partial charge in [0.15, 0.2) is 5.78 Å². The van der Waals surface area contributed by atoms with Crippen molar-refractivity contribution in [1.29, 1.82) is 0 Å². The van der Waals surface area contributed by atoms with Crippen molar-refractivity contribution in [3.63, 3.8) is 0 Å². The van der Waals surface area contributed by atoms with E-state index < -0.39 is 0 Å². The van der Waals surface area contributed by atoms with Crippen molar-refractivity contribution in [2.45, 2.75) is 27.2 Å². The number of Topliss-reactive ketones (excluding diaryl/α,β-unsaturated/α-hetero) is 1. The van der Waals surface area contributed by atoms with Crippen molar-refractivity contribution in [2.24, 2.45) is 18.4 Å². The molecule has 1 aliphatic rings. The van der Waals surface area contributed by atoms with Crippen LogP contribution in [0.5, 0.6) is 0 Å². The maximum absolute atomic E-state index is 12.0. The number of carbonyl (C=O) groups is 1. The molecule has 0 fully saturated rings. The normalized spacial score (nSPS) is 24.9. The molecule has 0 N–H and O–H groups in total. The summed E-state index contributed by atoms with van der Waals surface area (Å²) in [5.74, 6) is 0.337. The van der Waals surface area contributed by atoms with E-state index in [-0.39, 0.29) is 17.1 Å². The summed E-state index contributed by atoms with van der Waals surface area (Å²) in [6.07, 6.45) is 2.63. The molecule has 1 atom stereocenters. The van der Waals surface area contributed by atoms with Crippen LogP contribution >= 0.6 is 0 Å². The summed E-state index contributed by atoms with van der Waals surface area (Å²) in [5.41, 5.74) is 1.95. The third-order valence-electron chi connectivity index (χ3n) is 3.52. The van der Waals surface area contributed by atoms with E-state index >= 15 is 0 Å². The molecule has 0 saturated carbocycles. The highest BCUT2D eigenvalue weighted by atomic mass is 16.1. The van der Waals surface area contributed by atoms with Gasteiger partial charge in [-0.2, -0.15) is 5.10 Å². The first kappa shape index (κ1) is 9.44. The number of rotatable bonds is 0. The van der Waals surface area contributed by atoms with Crippen molar-refractivity contribution in [1.82, 2.24) is 9.78 Å². The SMILES string of the molecule is CC1C(=O)c2cnn(C)c2CC1(C)C. The number of fused-ring (bicyclic) bond motifs is 1. The number of aromatic nitrogens is 2. The summed E-state index contributed by atoms with van der Waals surface area (Å²) < 4.78 is 1.82. The van der Waals surface area contributed by atoms with Gasteiger partial charge in [0.2, 0.25) is 0 Å². The average Bonchev–Trinajstić information content (AvgIpc) is 2.44. The summed E-state index contributed by atoms with van der Waals surface area (Å²) in [5, 5.41) is 4.14. The molecule has 0 radical (unpaired) electrons. The van der Waals surface area contributed by atoms with Crippen LogP contribution in [0.25, 0.3) is 0 Å². The fraction of sp³-hybridized carbons (Fsp3) is 0.636. The summed E-state index contributed by atoms with van der Waals surface area (Å²) >= 11 is 0.